The van der Waals surface area contributed by atoms with Crippen LogP contribution in [-0.2, 0) is 14.3 Å². The average molecular weight is 521 g/mol. The Morgan fingerprint density at radius 3 is 2.70 bits per heavy atom. The molecule has 0 spiro atoms. The summed E-state index contributed by atoms with van der Waals surface area (Å²) in [6.45, 7) is 3.90. The second kappa shape index (κ2) is 11.7. The summed E-state index contributed by atoms with van der Waals surface area (Å²) in [6, 6.07) is 13.7. The predicted molar refractivity (Wildman–Crippen MR) is 147 cm³/mol. The lowest BCUT2D eigenvalue weighted by Gasteiger charge is -2.35. The molecule has 2 aliphatic heterocycles. The molecule has 2 saturated heterocycles. The van der Waals surface area contributed by atoms with E-state index in [1.54, 1.807) is 18.4 Å². The first kappa shape index (κ1) is 25.8. The summed E-state index contributed by atoms with van der Waals surface area (Å²) >= 11 is 1.62. The molecule has 3 atom stereocenters. The Labute approximate surface area is 222 Å². The second-order valence-corrected chi connectivity index (χ2v) is 10.9. The van der Waals surface area contributed by atoms with E-state index in [4.69, 9.17) is 9.72 Å². The van der Waals surface area contributed by atoms with Crippen molar-refractivity contribution in [1.29, 1.82) is 0 Å². The lowest BCUT2D eigenvalue weighted by molar-refractivity contribution is -0.140. The van der Waals surface area contributed by atoms with Gasteiger partial charge in [-0.1, -0.05) is 49.4 Å². The second-order valence-electron chi connectivity index (χ2n) is 9.97. The summed E-state index contributed by atoms with van der Waals surface area (Å²) in [6.07, 6.45) is 4.03. The van der Waals surface area contributed by atoms with Gasteiger partial charge in [-0.05, 0) is 55.8 Å². The molecule has 37 heavy (non-hydrogen) atoms. The van der Waals surface area contributed by atoms with Crippen LogP contribution in [0.5, 0.6) is 0 Å². The van der Waals surface area contributed by atoms with Crippen molar-refractivity contribution in [3.05, 3.63) is 52.9 Å². The SMILES string of the molecule is CC[C@H](NC)C(=O)N[C@H](C(=O)N1CCC[C@H]1c1nc(-c2cccc3ccccc23)cs1)C1CCOCC1. The van der Waals surface area contributed by atoms with Gasteiger partial charge in [0.25, 0.3) is 0 Å². The van der Waals surface area contributed by atoms with Crippen molar-refractivity contribution in [3.8, 4) is 11.3 Å². The van der Waals surface area contributed by atoms with Crippen LogP contribution in [0.3, 0.4) is 0 Å². The van der Waals surface area contributed by atoms with Gasteiger partial charge >= 0.3 is 0 Å². The number of carbonyl (C=O) groups is 2. The number of likely N-dealkylation sites (tertiary alicyclic amines) is 1. The Bertz CT molecular complexity index is 1230. The molecule has 2 N–H and O–H groups in total. The van der Waals surface area contributed by atoms with E-state index in [1.807, 2.05) is 17.9 Å². The minimum atomic E-state index is -0.545. The van der Waals surface area contributed by atoms with Crippen LogP contribution in [-0.4, -0.2) is 60.6 Å². The fourth-order valence-corrected chi connectivity index (χ4v) is 6.65. The van der Waals surface area contributed by atoms with E-state index < -0.39 is 6.04 Å². The van der Waals surface area contributed by atoms with Gasteiger partial charge in [-0.3, -0.25) is 9.59 Å². The van der Waals surface area contributed by atoms with Crippen LogP contribution in [0.15, 0.2) is 47.8 Å². The number of nitrogens with zero attached hydrogens (tertiary/aromatic N) is 2. The molecule has 0 saturated carbocycles. The summed E-state index contributed by atoms with van der Waals surface area (Å²) in [5.74, 6) is -0.0305. The number of rotatable bonds is 8. The molecule has 3 heterocycles. The monoisotopic (exact) mass is 520 g/mol. The van der Waals surface area contributed by atoms with Crippen molar-refractivity contribution in [2.75, 3.05) is 26.8 Å². The fourth-order valence-electron chi connectivity index (χ4n) is 5.68. The molecule has 196 valence electrons. The molecule has 2 fully saturated rings. The molecule has 5 rings (SSSR count). The van der Waals surface area contributed by atoms with Crippen LogP contribution in [0.4, 0.5) is 0 Å². The van der Waals surface area contributed by atoms with Gasteiger partial charge in [-0.2, -0.15) is 0 Å². The molecule has 2 aliphatic rings. The molecular formula is C29H36N4O3S. The van der Waals surface area contributed by atoms with Crippen LogP contribution in [0.2, 0.25) is 0 Å². The van der Waals surface area contributed by atoms with E-state index in [0.29, 0.717) is 26.2 Å². The maximum absolute atomic E-state index is 14.0. The molecular weight excluding hydrogens is 484 g/mol. The number of hydrogen-bond donors (Lipinski definition) is 2. The number of amides is 2. The Morgan fingerprint density at radius 1 is 1.14 bits per heavy atom. The standard InChI is InChI=1S/C29H36N4O3S/c1-3-23(30-2)27(34)32-26(20-13-16-36-17-14-20)29(35)33-15-7-12-25(33)28-31-24(18-37-28)22-11-6-9-19-8-4-5-10-21(19)22/h4-6,8-11,18,20,23,25-26,30H,3,7,12-17H2,1-2H3,(H,32,34)/t23-,25-,26-/m0/s1. The van der Waals surface area contributed by atoms with Crippen LogP contribution < -0.4 is 10.6 Å². The third-order valence-corrected chi connectivity index (χ3v) is 8.73. The van der Waals surface area contributed by atoms with E-state index in [2.05, 4.69) is 52.4 Å². The highest BCUT2D eigenvalue weighted by Gasteiger charge is 2.40. The molecule has 0 unspecified atom stereocenters. The molecule has 2 amide bonds. The van der Waals surface area contributed by atoms with Gasteiger partial charge in [-0.25, -0.2) is 4.98 Å². The molecule has 2 aromatic carbocycles. The zero-order valence-electron chi connectivity index (χ0n) is 21.6. The summed E-state index contributed by atoms with van der Waals surface area (Å²) in [7, 11) is 1.78. The molecule has 0 aliphatic carbocycles. The van der Waals surface area contributed by atoms with Gasteiger partial charge < -0.3 is 20.3 Å². The summed E-state index contributed by atoms with van der Waals surface area (Å²) in [4.78, 5) is 34.1. The molecule has 0 bridgehead atoms. The third-order valence-electron chi connectivity index (χ3n) is 7.78. The van der Waals surface area contributed by atoms with Crippen LogP contribution >= 0.6 is 11.3 Å². The number of benzene rings is 2. The van der Waals surface area contributed by atoms with Crippen LogP contribution in [0.1, 0.15) is 50.1 Å². The largest absolute Gasteiger partial charge is 0.381 e. The van der Waals surface area contributed by atoms with Crippen molar-refractivity contribution >= 4 is 33.9 Å². The van der Waals surface area contributed by atoms with E-state index in [1.165, 1.54) is 10.8 Å². The zero-order chi connectivity index (χ0) is 25.8. The Kier molecular flexibility index (Phi) is 8.17. The highest BCUT2D eigenvalue weighted by Crippen LogP contribution is 2.38. The van der Waals surface area contributed by atoms with Crippen molar-refractivity contribution < 1.29 is 14.3 Å². The lowest BCUT2D eigenvalue weighted by atomic mass is 9.90. The minimum Gasteiger partial charge on any atom is -0.381 e. The topological polar surface area (TPSA) is 83.6 Å². The number of thiazole rings is 1. The highest BCUT2D eigenvalue weighted by atomic mass is 32.1. The number of ether oxygens (including phenoxy) is 1. The number of nitrogens with one attached hydrogen (secondary N) is 2. The molecule has 3 aromatic rings. The van der Waals surface area contributed by atoms with Crippen molar-refractivity contribution in [1.82, 2.24) is 20.5 Å². The number of hydrogen-bond acceptors (Lipinski definition) is 6. The van der Waals surface area contributed by atoms with Crippen LogP contribution in [0, 0.1) is 5.92 Å². The summed E-state index contributed by atoms with van der Waals surface area (Å²) in [5, 5.41) is 11.6. The lowest BCUT2D eigenvalue weighted by Crippen LogP contribution is -2.56. The van der Waals surface area contributed by atoms with Crippen LogP contribution in [0.25, 0.3) is 22.0 Å². The molecule has 1 aromatic heterocycles. The van der Waals surface area contributed by atoms with Crippen molar-refractivity contribution in [2.45, 2.75) is 57.2 Å². The average Bonchev–Trinajstić information content (AvgIpc) is 3.62. The Morgan fingerprint density at radius 2 is 1.92 bits per heavy atom. The van der Waals surface area contributed by atoms with Gasteiger partial charge in [0, 0.05) is 30.7 Å². The quantitative estimate of drug-likeness (QED) is 0.456. The maximum Gasteiger partial charge on any atom is 0.246 e. The fraction of sp³-hybridized carbons (Fsp3) is 0.483. The van der Waals surface area contributed by atoms with E-state index in [9.17, 15) is 9.59 Å². The van der Waals surface area contributed by atoms with Gasteiger partial charge in [0.15, 0.2) is 0 Å². The first-order valence-corrected chi connectivity index (χ1v) is 14.3. The number of fused-ring (bicyclic) bond motifs is 1. The van der Waals surface area contributed by atoms with E-state index in [-0.39, 0.29) is 29.8 Å². The van der Waals surface area contributed by atoms with Gasteiger partial charge in [0.05, 0.1) is 17.8 Å². The van der Waals surface area contributed by atoms with E-state index >= 15 is 0 Å². The number of carbonyl (C=O) groups excluding carboxylic acids is 2. The highest BCUT2D eigenvalue weighted by molar-refractivity contribution is 7.10. The van der Waals surface area contributed by atoms with Gasteiger partial charge in [-0.15, -0.1) is 11.3 Å². The molecule has 8 heteroatoms. The van der Waals surface area contributed by atoms with Gasteiger partial charge in [0.1, 0.15) is 11.0 Å². The maximum atomic E-state index is 14.0. The number of likely N-dealkylation sites (N-methyl/N-ethyl adjacent to an activating group) is 1. The Balaban J connectivity index is 1.39. The normalized spacial score (nSPS) is 20.2. The van der Waals surface area contributed by atoms with E-state index in [0.717, 1.165) is 41.9 Å². The first-order chi connectivity index (χ1) is 18.1. The van der Waals surface area contributed by atoms with Crippen molar-refractivity contribution in [3.63, 3.8) is 0 Å². The first-order valence-electron chi connectivity index (χ1n) is 13.4. The van der Waals surface area contributed by atoms with Crippen molar-refractivity contribution in [2.24, 2.45) is 5.92 Å². The molecule has 7 nitrogen and oxygen atoms in total. The minimum absolute atomic E-state index is 0.00983. The summed E-state index contributed by atoms with van der Waals surface area (Å²) < 4.78 is 5.56. The molecule has 0 radical (unpaired) electrons. The Hall–Kier alpha value is -2.81. The summed E-state index contributed by atoms with van der Waals surface area (Å²) in [5.41, 5.74) is 2.06. The predicted octanol–water partition coefficient (Wildman–Crippen LogP) is 4.54. The smallest absolute Gasteiger partial charge is 0.246 e. The zero-order valence-corrected chi connectivity index (χ0v) is 22.4. The van der Waals surface area contributed by atoms with Gasteiger partial charge in [0.2, 0.25) is 11.8 Å². The number of aromatic nitrogens is 1. The third kappa shape index (κ3) is 5.42.